The molecule has 1 aliphatic carbocycles. The fourth-order valence-electron chi connectivity index (χ4n) is 4.75. The SMILES string of the molecule is CN1COc2c(N3CC4C=CC=CC4(CN)C3)c(F)cc3c(=O)c(OC(=O)O)cn1c23. The van der Waals surface area contributed by atoms with Crippen LogP contribution in [0.15, 0.2) is 41.4 Å². The van der Waals surface area contributed by atoms with E-state index in [-0.39, 0.29) is 34.9 Å². The van der Waals surface area contributed by atoms with Gasteiger partial charge in [0.25, 0.3) is 0 Å². The molecular weight excluding hydrogens is 407 g/mol. The molecule has 2 unspecified atom stereocenters. The Kier molecular flexibility index (Phi) is 4.23. The fourth-order valence-corrected chi connectivity index (χ4v) is 4.75. The number of nitrogens with two attached hydrogens (primary N) is 1. The van der Waals surface area contributed by atoms with E-state index in [1.165, 1.54) is 6.20 Å². The van der Waals surface area contributed by atoms with Gasteiger partial charge in [-0.1, -0.05) is 24.3 Å². The molecular formula is C21H21FN4O5. The molecule has 2 atom stereocenters. The largest absolute Gasteiger partial charge is 0.511 e. The molecule has 0 amide bonds. The van der Waals surface area contributed by atoms with Crippen molar-refractivity contribution >= 4 is 22.7 Å². The minimum absolute atomic E-state index is 0.0218. The van der Waals surface area contributed by atoms with Gasteiger partial charge in [-0.05, 0) is 6.07 Å². The summed E-state index contributed by atoms with van der Waals surface area (Å²) in [7, 11) is 1.70. The molecule has 1 saturated heterocycles. The molecule has 1 fully saturated rings. The molecule has 10 heteroatoms. The maximum Gasteiger partial charge on any atom is 0.511 e. The van der Waals surface area contributed by atoms with Gasteiger partial charge in [0.15, 0.2) is 18.3 Å². The van der Waals surface area contributed by atoms with E-state index in [4.69, 9.17) is 15.6 Å². The summed E-state index contributed by atoms with van der Waals surface area (Å²) in [5.74, 6) is -0.659. The summed E-state index contributed by atoms with van der Waals surface area (Å²) in [5.41, 5.74) is 5.70. The summed E-state index contributed by atoms with van der Waals surface area (Å²) in [5, 5.41) is 10.5. The van der Waals surface area contributed by atoms with Crippen molar-refractivity contribution < 1.29 is 23.8 Å². The minimum Gasteiger partial charge on any atom is -0.467 e. The Balaban J connectivity index is 1.71. The average molecular weight is 428 g/mol. The second-order valence-corrected chi connectivity index (χ2v) is 8.07. The maximum atomic E-state index is 15.4. The Hall–Kier alpha value is -3.53. The molecule has 0 spiro atoms. The Bertz CT molecular complexity index is 1220. The molecule has 5 rings (SSSR count). The second kappa shape index (κ2) is 6.74. The Morgan fingerprint density at radius 2 is 2.26 bits per heavy atom. The maximum absolute atomic E-state index is 15.4. The Labute approximate surface area is 176 Å². The average Bonchev–Trinajstić information content (AvgIpc) is 3.12. The third-order valence-electron chi connectivity index (χ3n) is 6.30. The van der Waals surface area contributed by atoms with Crippen molar-refractivity contribution in [3.63, 3.8) is 0 Å². The van der Waals surface area contributed by atoms with E-state index in [1.807, 2.05) is 17.1 Å². The van der Waals surface area contributed by atoms with Gasteiger partial charge in [-0.25, -0.2) is 9.18 Å². The number of allylic oxidation sites excluding steroid dienone is 2. The van der Waals surface area contributed by atoms with Crippen LogP contribution in [0.25, 0.3) is 10.9 Å². The third-order valence-corrected chi connectivity index (χ3v) is 6.30. The van der Waals surface area contributed by atoms with E-state index in [0.717, 1.165) is 6.07 Å². The molecule has 162 valence electrons. The van der Waals surface area contributed by atoms with E-state index < -0.39 is 23.2 Å². The van der Waals surface area contributed by atoms with Gasteiger partial charge in [0.1, 0.15) is 11.2 Å². The highest BCUT2D eigenvalue weighted by Crippen LogP contribution is 2.47. The van der Waals surface area contributed by atoms with Crippen LogP contribution in [-0.2, 0) is 0 Å². The number of hydrogen-bond acceptors (Lipinski definition) is 7. The highest BCUT2D eigenvalue weighted by Gasteiger charge is 2.45. The van der Waals surface area contributed by atoms with E-state index in [2.05, 4.69) is 16.9 Å². The number of carbonyl (C=O) groups is 1. The lowest BCUT2D eigenvalue weighted by Gasteiger charge is -2.34. The third kappa shape index (κ3) is 2.78. The van der Waals surface area contributed by atoms with Gasteiger partial charge in [-0.15, -0.1) is 0 Å². The van der Waals surface area contributed by atoms with Crippen LogP contribution in [0.5, 0.6) is 11.5 Å². The lowest BCUT2D eigenvalue weighted by molar-refractivity contribution is 0.143. The first-order valence-corrected chi connectivity index (χ1v) is 9.82. The Morgan fingerprint density at radius 1 is 1.45 bits per heavy atom. The minimum atomic E-state index is -1.62. The summed E-state index contributed by atoms with van der Waals surface area (Å²) >= 11 is 0. The molecule has 2 aromatic rings. The zero-order valence-electron chi connectivity index (χ0n) is 16.7. The topological polar surface area (TPSA) is 110 Å². The van der Waals surface area contributed by atoms with Crippen molar-refractivity contribution in [3.8, 4) is 11.5 Å². The molecule has 1 aromatic carbocycles. The number of nitrogens with zero attached hydrogens (tertiary/aromatic N) is 3. The lowest BCUT2D eigenvalue weighted by atomic mass is 9.75. The van der Waals surface area contributed by atoms with Crippen LogP contribution in [0, 0.1) is 17.2 Å². The van der Waals surface area contributed by atoms with Crippen LogP contribution < -0.4 is 30.5 Å². The number of benzene rings is 1. The van der Waals surface area contributed by atoms with Gasteiger partial charge < -0.3 is 25.2 Å². The quantitative estimate of drug-likeness (QED) is 0.710. The molecule has 2 aliphatic heterocycles. The molecule has 31 heavy (non-hydrogen) atoms. The van der Waals surface area contributed by atoms with Crippen molar-refractivity contribution in [2.24, 2.45) is 17.1 Å². The summed E-state index contributed by atoms with van der Waals surface area (Å²) < 4.78 is 27.5. The Morgan fingerprint density at radius 3 is 2.97 bits per heavy atom. The van der Waals surface area contributed by atoms with Crippen molar-refractivity contribution in [2.45, 2.75) is 0 Å². The summed E-state index contributed by atoms with van der Waals surface area (Å²) in [6.07, 6.45) is 7.74. The smallest absolute Gasteiger partial charge is 0.467 e. The van der Waals surface area contributed by atoms with Gasteiger partial charge in [0.2, 0.25) is 11.2 Å². The molecule has 3 heterocycles. The molecule has 0 radical (unpaired) electrons. The summed E-state index contributed by atoms with van der Waals surface area (Å²) in [4.78, 5) is 25.7. The lowest BCUT2D eigenvalue weighted by Crippen LogP contribution is -2.40. The van der Waals surface area contributed by atoms with Gasteiger partial charge in [-0.2, -0.15) is 0 Å². The van der Waals surface area contributed by atoms with Crippen molar-refractivity contribution in [1.82, 2.24) is 4.68 Å². The zero-order chi connectivity index (χ0) is 21.9. The highest BCUT2D eigenvalue weighted by molar-refractivity contribution is 5.93. The van der Waals surface area contributed by atoms with Crippen LogP contribution in [0.1, 0.15) is 0 Å². The highest BCUT2D eigenvalue weighted by atomic mass is 19.1. The van der Waals surface area contributed by atoms with E-state index in [0.29, 0.717) is 25.2 Å². The molecule has 0 saturated carbocycles. The second-order valence-electron chi connectivity index (χ2n) is 8.07. The molecule has 3 aliphatic rings. The standard InChI is InChI=1S/C21H21FN4O5/c1-24-11-30-19-16-13(18(27)15(8-26(16)24)31-20(28)29)6-14(22)17(19)25-7-12-4-2-3-5-21(12,9-23)10-25/h2-6,8,12H,7,9-11,23H2,1H3,(H,28,29). The van der Waals surface area contributed by atoms with Crippen LogP contribution in [0.4, 0.5) is 14.9 Å². The number of halogens is 1. The van der Waals surface area contributed by atoms with Crippen LogP contribution in [-0.4, -0.2) is 49.4 Å². The molecule has 1 aromatic heterocycles. The monoisotopic (exact) mass is 428 g/mol. The molecule has 9 nitrogen and oxygen atoms in total. The van der Waals surface area contributed by atoms with Crippen molar-refractivity contribution in [3.05, 3.63) is 52.6 Å². The van der Waals surface area contributed by atoms with Gasteiger partial charge in [0, 0.05) is 38.0 Å². The van der Waals surface area contributed by atoms with Crippen LogP contribution in [0.3, 0.4) is 0 Å². The fraction of sp³-hybridized carbons (Fsp3) is 0.333. The van der Waals surface area contributed by atoms with Gasteiger partial charge in [-0.3, -0.25) is 14.5 Å². The van der Waals surface area contributed by atoms with E-state index in [9.17, 15) is 9.59 Å². The molecule has 3 N–H and O–H groups in total. The number of ether oxygens (including phenoxy) is 2. The normalized spacial score (nSPS) is 23.8. The number of rotatable bonds is 3. The number of aromatic nitrogens is 1. The number of hydrogen-bond donors (Lipinski definition) is 2. The first-order chi connectivity index (χ1) is 14.8. The van der Waals surface area contributed by atoms with Crippen molar-refractivity contribution in [1.29, 1.82) is 0 Å². The number of anilines is 1. The summed E-state index contributed by atoms with van der Waals surface area (Å²) in [6.45, 7) is 1.56. The first-order valence-electron chi connectivity index (χ1n) is 9.82. The molecule has 0 bridgehead atoms. The van der Waals surface area contributed by atoms with E-state index in [1.54, 1.807) is 16.7 Å². The summed E-state index contributed by atoms with van der Waals surface area (Å²) in [6, 6.07) is 1.12. The number of carboxylic acid groups (broad SMARTS) is 1. The van der Waals surface area contributed by atoms with Crippen molar-refractivity contribution in [2.75, 3.05) is 43.3 Å². The zero-order valence-corrected chi connectivity index (χ0v) is 16.7. The van der Waals surface area contributed by atoms with Gasteiger partial charge in [0.05, 0.1) is 11.6 Å². The van der Waals surface area contributed by atoms with Crippen LogP contribution >= 0.6 is 0 Å². The number of fused-ring (bicyclic) bond motifs is 1. The predicted octanol–water partition coefficient (Wildman–Crippen LogP) is 1.62. The van der Waals surface area contributed by atoms with Gasteiger partial charge >= 0.3 is 6.16 Å². The van der Waals surface area contributed by atoms with Crippen LogP contribution in [0.2, 0.25) is 0 Å². The van der Waals surface area contributed by atoms with E-state index >= 15 is 4.39 Å². The predicted molar refractivity (Wildman–Crippen MR) is 112 cm³/mol. The first kappa shape index (κ1) is 19.4. The number of pyridine rings is 1.